The van der Waals surface area contributed by atoms with Crippen molar-refractivity contribution in [1.29, 1.82) is 0 Å². The van der Waals surface area contributed by atoms with Crippen LogP contribution in [0.5, 0.6) is 0 Å². The lowest BCUT2D eigenvalue weighted by Gasteiger charge is -2.06. The third-order valence-corrected chi connectivity index (χ3v) is 1.89. The molecule has 0 aliphatic rings. The maximum Gasteiger partial charge on any atom is 0.433 e. The van der Waals surface area contributed by atoms with Gasteiger partial charge in [-0.05, 0) is 12.1 Å². The molecule has 0 bridgehead atoms. The molecular formula is C10H12F3N3. The largest absolute Gasteiger partial charge is 0.433 e. The highest BCUT2D eigenvalue weighted by Gasteiger charge is 2.31. The summed E-state index contributed by atoms with van der Waals surface area (Å²) in [7, 11) is 0. The van der Waals surface area contributed by atoms with E-state index in [1.54, 1.807) is 0 Å². The number of rotatable bonds is 2. The van der Waals surface area contributed by atoms with Gasteiger partial charge in [-0.3, -0.25) is 0 Å². The summed E-state index contributed by atoms with van der Waals surface area (Å²) in [4.78, 5) is 7.22. The molecule has 6 heteroatoms. The van der Waals surface area contributed by atoms with Crippen molar-refractivity contribution in [1.82, 2.24) is 4.98 Å². The average molecular weight is 231 g/mol. The van der Waals surface area contributed by atoms with Crippen LogP contribution in [0, 0.1) is 5.92 Å². The molecule has 1 rings (SSSR count). The minimum absolute atomic E-state index is 0.0438. The van der Waals surface area contributed by atoms with Crippen molar-refractivity contribution >= 4 is 11.5 Å². The number of aliphatic imine (C=N–C) groups is 1. The lowest BCUT2D eigenvalue weighted by Crippen LogP contribution is -2.18. The van der Waals surface area contributed by atoms with E-state index >= 15 is 0 Å². The van der Waals surface area contributed by atoms with Crippen LogP contribution in [0.1, 0.15) is 19.5 Å². The first-order valence-corrected chi connectivity index (χ1v) is 4.68. The fourth-order valence-electron chi connectivity index (χ4n) is 0.898. The van der Waals surface area contributed by atoms with Crippen LogP contribution >= 0.6 is 0 Å². The number of nitrogens with zero attached hydrogens (tertiary/aromatic N) is 2. The van der Waals surface area contributed by atoms with Gasteiger partial charge in [-0.2, -0.15) is 13.2 Å². The van der Waals surface area contributed by atoms with E-state index in [0.29, 0.717) is 11.5 Å². The zero-order chi connectivity index (χ0) is 12.3. The molecule has 3 nitrogen and oxygen atoms in total. The van der Waals surface area contributed by atoms with Crippen molar-refractivity contribution in [2.24, 2.45) is 16.6 Å². The van der Waals surface area contributed by atoms with Crippen molar-refractivity contribution in [3.8, 4) is 0 Å². The Kier molecular flexibility index (Phi) is 3.51. The predicted molar refractivity (Wildman–Crippen MR) is 55.4 cm³/mol. The van der Waals surface area contributed by atoms with Gasteiger partial charge in [0.05, 0.1) is 11.9 Å². The number of hydrogen-bond acceptors (Lipinski definition) is 2. The van der Waals surface area contributed by atoms with E-state index in [1.165, 1.54) is 6.07 Å². The van der Waals surface area contributed by atoms with Crippen LogP contribution in [-0.4, -0.2) is 10.8 Å². The lowest BCUT2D eigenvalue weighted by atomic mass is 10.2. The van der Waals surface area contributed by atoms with E-state index in [9.17, 15) is 13.2 Å². The first-order chi connectivity index (χ1) is 7.30. The number of nitrogens with two attached hydrogens (primary N) is 1. The number of halogens is 3. The molecule has 0 fully saturated rings. The van der Waals surface area contributed by atoms with Gasteiger partial charge in [0.1, 0.15) is 11.5 Å². The van der Waals surface area contributed by atoms with E-state index in [-0.39, 0.29) is 5.92 Å². The summed E-state index contributed by atoms with van der Waals surface area (Å²) in [5, 5.41) is 0. The molecule has 2 N–H and O–H groups in total. The van der Waals surface area contributed by atoms with Crippen molar-refractivity contribution in [3.05, 3.63) is 24.0 Å². The van der Waals surface area contributed by atoms with Crippen LogP contribution in [0.25, 0.3) is 0 Å². The minimum atomic E-state index is -4.42. The Morgan fingerprint density at radius 1 is 1.38 bits per heavy atom. The van der Waals surface area contributed by atoms with Crippen LogP contribution in [0.15, 0.2) is 23.3 Å². The van der Waals surface area contributed by atoms with Gasteiger partial charge in [0, 0.05) is 5.92 Å². The zero-order valence-electron chi connectivity index (χ0n) is 8.92. The molecular weight excluding hydrogens is 219 g/mol. The summed E-state index contributed by atoms with van der Waals surface area (Å²) in [5.74, 6) is 0.406. The Hall–Kier alpha value is -1.59. The molecule has 0 amide bonds. The second-order valence-corrected chi connectivity index (χ2v) is 3.59. The van der Waals surface area contributed by atoms with Crippen molar-refractivity contribution in [3.63, 3.8) is 0 Å². The van der Waals surface area contributed by atoms with Gasteiger partial charge < -0.3 is 5.73 Å². The smallest absolute Gasteiger partial charge is 0.387 e. The maximum absolute atomic E-state index is 12.2. The van der Waals surface area contributed by atoms with Crippen LogP contribution in [0.4, 0.5) is 18.9 Å². The molecule has 0 saturated heterocycles. The first-order valence-electron chi connectivity index (χ1n) is 4.68. The van der Waals surface area contributed by atoms with E-state index in [1.807, 2.05) is 13.8 Å². The Morgan fingerprint density at radius 2 is 2.00 bits per heavy atom. The van der Waals surface area contributed by atoms with Crippen molar-refractivity contribution in [2.75, 3.05) is 0 Å². The van der Waals surface area contributed by atoms with Gasteiger partial charge in [0.25, 0.3) is 0 Å². The molecule has 1 aromatic heterocycles. The van der Waals surface area contributed by atoms with Crippen LogP contribution in [0.2, 0.25) is 0 Å². The topological polar surface area (TPSA) is 51.3 Å². The molecule has 16 heavy (non-hydrogen) atoms. The van der Waals surface area contributed by atoms with E-state index < -0.39 is 11.9 Å². The lowest BCUT2D eigenvalue weighted by molar-refractivity contribution is -0.141. The highest BCUT2D eigenvalue weighted by molar-refractivity contribution is 5.84. The Balaban J connectivity index is 2.92. The first kappa shape index (κ1) is 12.5. The molecule has 88 valence electrons. The molecule has 0 aromatic carbocycles. The second-order valence-electron chi connectivity index (χ2n) is 3.59. The SMILES string of the molecule is CC(C)C(N)=Nc1ccc(C(F)(F)F)nc1. The summed E-state index contributed by atoms with van der Waals surface area (Å²) < 4.78 is 36.6. The minimum Gasteiger partial charge on any atom is -0.387 e. The third-order valence-electron chi connectivity index (χ3n) is 1.89. The van der Waals surface area contributed by atoms with Crippen molar-refractivity contribution in [2.45, 2.75) is 20.0 Å². The monoisotopic (exact) mass is 231 g/mol. The summed E-state index contributed by atoms with van der Waals surface area (Å²) in [6.07, 6.45) is -3.37. The fraction of sp³-hybridized carbons (Fsp3) is 0.400. The molecule has 0 atom stereocenters. The van der Waals surface area contributed by atoms with Crippen LogP contribution in [0.3, 0.4) is 0 Å². The zero-order valence-corrected chi connectivity index (χ0v) is 8.92. The molecule has 1 heterocycles. The van der Waals surface area contributed by atoms with Gasteiger partial charge in [0.15, 0.2) is 0 Å². The second kappa shape index (κ2) is 4.51. The van der Waals surface area contributed by atoms with Gasteiger partial charge in [-0.15, -0.1) is 0 Å². The number of amidine groups is 1. The highest BCUT2D eigenvalue weighted by Crippen LogP contribution is 2.28. The van der Waals surface area contributed by atoms with Gasteiger partial charge in [-0.25, -0.2) is 9.98 Å². The van der Waals surface area contributed by atoms with Gasteiger partial charge in [0.2, 0.25) is 0 Å². The fourth-order valence-corrected chi connectivity index (χ4v) is 0.898. The van der Waals surface area contributed by atoms with Gasteiger partial charge in [-0.1, -0.05) is 13.8 Å². The normalized spacial score (nSPS) is 13.2. The summed E-state index contributed by atoms with van der Waals surface area (Å²) in [5.41, 5.74) is 4.96. The number of hydrogen-bond donors (Lipinski definition) is 1. The molecule has 0 radical (unpaired) electrons. The van der Waals surface area contributed by atoms with Crippen LogP contribution < -0.4 is 5.73 Å². The molecule has 1 aromatic rings. The Morgan fingerprint density at radius 3 is 2.38 bits per heavy atom. The summed E-state index contributed by atoms with van der Waals surface area (Å²) in [6.45, 7) is 3.69. The molecule has 0 unspecified atom stereocenters. The quantitative estimate of drug-likeness (QED) is 0.628. The molecule has 0 aliphatic heterocycles. The van der Waals surface area contributed by atoms with E-state index in [2.05, 4.69) is 9.98 Å². The molecule has 0 aliphatic carbocycles. The summed E-state index contributed by atoms with van der Waals surface area (Å²) >= 11 is 0. The van der Waals surface area contributed by atoms with Crippen molar-refractivity contribution < 1.29 is 13.2 Å². The molecule has 0 saturated carbocycles. The molecule has 0 spiro atoms. The summed E-state index contributed by atoms with van der Waals surface area (Å²) in [6, 6.07) is 2.12. The van der Waals surface area contributed by atoms with E-state index in [4.69, 9.17) is 5.73 Å². The standard InChI is InChI=1S/C10H12F3N3/c1-6(2)9(14)16-7-3-4-8(15-5-7)10(11,12)13/h3-6H,1-2H3,(H2,14,16). The number of alkyl halides is 3. The highest BCUT2D eigenvalue weighted by atomic mass is 19.4. The van der Waals surface area contributed by atoms with Gasteiger partial charge >= 0.3 is 6.18 Å². The van der Waals surface area contributed by atoms with E-state index in [0.717, 1.165) is 12.3 Å². The number of aromatic nitrogens is 1. The predicted octanol–water partition coefficient (Wildman–Crippen LogP) is 2.75. The van der Waals surface area contributed by atoms with Crippen LogP contribution in [-0.2, 0) is 6.18 Å². The maximum atomic E-state index is 12.2. The Bertz CT molecular complexity index is 379. The average Bonchev–Trinajstić information content (AvgIpc) is 2.17. The number of pyridine rings is 1. The Labute approximate surface area is 91.2 Å². The third kappa shape index (κ3) is 3.22.